The Morgan fingerprint density at radius 3 is 2.54 bits per heavy atom. The Labute approximate surface area is 146 Å². The van der Waals surface area contributed by atoms with E-state index in [0.717, 1.165) is 35.2 Å². The van der Waals surface area contributed by atoms with Crippen LogP contribution in [0.3, 0.4) is 0 Å². The normalized spacial score (nSPS) is 10.4. The summed E-state index contributed by atoms with van der Waals surface area (Å²) in [7, 11) is 0. The highest BCUT2D eigenvalue weighted by molar-refractivity contribution is 6.30. The van der Waals surface area contributed by atoms with Crippen LogP contribution in [-0.4, -0.2) is 21.5 Å². The number of anilines is 2. The second-order valence-corrected chi connectivity index (χ2v) is 5.75. The Bertz CT molecular complexity index is 779. The molecule has 24 heavy (non-hydrogen) atoms. The molecule has 0 atom stereocenters. The van der Waals surface area contributed by atoms with Gasteiger partial charge in [0, 0.05) is 36.6 Å². The third kappa shape index (κ3) is 4.93. The Hall–Kier alpha value is -2.66. The maximum absolute atomic E-state index is 5.99. The quantitative estimate of drug-likeness (QED) is 0.685. The van der Waals surface area contributed by atoms with E-state index in [0.29, 0.717) is 6.54 Å². The van der Waals surface area contributed by atoms with Crippen molar-refractivity contribution in [3.8, 4) is 0 Å². The SMILES string of the molecule is Clc1cccc(CCNc2cc(NCc3cccnc3)ncn2)c1. The summed E-state index contributed by atoms with van der Waals surface area (Å²) < 4.78 is 0. The zero-order valence-corrected chi connectivity index (χ0v) is 13.9. The Morgan fingerprint density at radius 2 is 1.75 bits per heavy atom. The van der Waals surface area contributed by atoms with E-state index in [1.165, 1.54) is 5.56 Å². The van der Waals surface area contributed by atoms with Gasteiger partial charge >= 0.3 is 0 Å². The third-order valence-electron chi connectivity index (χ3n) is 3.47. The van der Waals surface area contributed by atoms with Crippen molar-refractivity contribution in [1.29, 1.82) is 0 Å². The first kappa shape index (κ1) is 16.2. The fourth-order valence-electron chi connectivity index (χ4n) is 2.27. The van der Waals surface area contributed by atoms with Gasteiger partial charge in [0.1, 0.15) is 18.0 Å². The number of halogens is 1. The highest BCUT2D eigenvalue weighted by Gasteiger charge is 2.00. The molecule has 0 fully saturated rings. The molecular weight excluding hydrogens is 322 g/mol. The molecule has 3 rings (SSSR count). The van der Waals surface area contributed by atoms with Crippen molar-refractivity contribution in [1.82, 2.24) is 15.0 Å². The van der Waals surface area contributed by atoms with Gasteiger partial charge in [0.15, 0.2) is 0 Å². The number of nitrogens with one attached hydrogen (secondary N) is 2. The lowest BCUT2D eigenvalue weighted by molar-refractivity contribution is 0.995. The van der Waals surface area contributed by atoms with E-state index >= 15 is 0 Å². The van der Waals surface area contributed by atoms with Gasteiger partial charge in [0.2, 0.25) is 0 Å². The maximum atomic E-state index is 5.99. The van der Waals surface area contributed by atoms with E-state index in [1.54, 1.807) is 12.5 Å². The van der Waals surface area contributed by atoms with Gasteiger partial charge in [-0.25, -0.2) is 9.97 Å². The maximum Gasteiger partial charge on any atom is 0.131 e. The minimum Gasteiger partial charge on any atom is -0.370 e. The molecule has 3 aromatic rings. The second kappa shape index (κ2) is 8.26. The zero-order valence-electron chi connectivity index (χ0n) is 13.1. The van der Waals surface area contributed by atoms with Crippen molar-refractivity contribution >= 4 is 23.2 Å². The predicted molar refractivity (Wildman–Crippen MR) is 97.2 cm³/mol. The minimum absolute atomic E-state index is 0.673. The highest BCUT2D eigenvalue weighted by atomic mass is 35.5. The van der Waals surface area contributed by atoms with Crippen LogP contribution < -0.4 is 10.6 Å². The molecule has 0 aliphatic heterocycles. The molecule has 0 saturated heterocycles. The second-order valence-electron chi connectivity index (χ2n) is 5.31. The van der Waals surface area contributed by atoms with Gasteiger partial charge < -0.3 is 10.6 Å². The molecule has 122 valence electrons. The summed E-state index contributed by atoms with van der Waals surface area (Å²) in [6.07, 6.45) is 6.02. The smallest absolute Gasteiger partial charge is 0.131 e. The summed E-state index contributed by atoms with van der Waals surface area (Å²) in [6.45, 7) is 1.45. The molecule has 2 N–H and O–H groups in total. The van der Waals surface area contributed by atoms with Crippen LogP contribution in [-0.2, 0) is 13.0 Å². The molecule has 0 bridgehead atoms. The molecule has 0 saturated carbocycles. The number of benzene rings is 1. The van der Waals surface area contributed by atoms with Gasteiger partial charge in [0.05, 0.1) is 0 Å². The summed E-state index contributed by atoms with van der Waals surface area (Å²) in [5.74, 6) is 1.57. The molecule has 2 heterocycles. The van der Waals surface area contributed by atoms with Crippen molar-refractivity contribution in [3.05, 3.63) is 77.3 Å². The molecule has 2 aromatic heterocycles. The summed E-state index contributed by atoms with van der Waals surface area (Å²) in [5, 5.41) is 7.33. The summed E-state index contributed by atoms with van der Waals surface area (Å²) in [6, 6.07) is 13.7. The Balaban J connectivity index is 1.51. The summed E-state index contributed by atoms with van der Waals surface area (Å²) in [4.78, 5) is 12.6. The van der Waals surface area contributed by atoms with E-state index < -0.39 is 0 Å². The average molecular weight is 340 g/mol. The molecule has 0 unspecified atom stereocenters. The standard InChI is InChI=1S/C18H18ClN5/c19-16-5-1-3-14(9-16)6-8-21-17-10-18(24-13-23-17)22-12-15-4-2-7-20-11-15/h1-5,7,9-11,13H,6,8,12H2,(H2,21,22,23,24). The molecule has 0 amide bonds. The first-order valence-electron chi connectivity index (χ1n) is 7.73. The van der Waals surface area contributed by atoms with Gasteiger partial charge in [-0.1, -0.05) is 29.8 Å². The lowest BCUT2D eigenvalue weighted by atomic mass is 10.1. The molecule has 0 aliphatic rings. The number of hydrogen-bond donors (Lipinski definition) is 2. The summed E-state index contributed by atoms with van der Waals surface area (Å²) in [5.41, 5.74) is 2.30. The van der Waals surface area contributed by atoms with E-state index in [9.17, 15) is 0 Å². The van der Waals surface area contributed by atoms with Gasteiger partial charge in [-0.2, -0.15) is 0 Å². The lowest BCUT2D eigenvalue weighted by Crippen LogP contribution is -2.08. The van der Waals surface area contributed by atoms with E-state index in [-0.39, 0.29) is 0 Å². The van der Waals surface area contributed by atoms with Crippen molar-refractivity contribution in [2.75, 3.05) is 17.2 Å². The largest absolute Gasteiger partial charge is 0.370 e. The van der Waals surface area contributed by atoms with Crippen LogP contribution in [0.2, 0.25) is 5.02 Å². The molecule has 0 radical (unpaired) electrons. The van der Waals surface area contributed by atoms with E-state index in [1.807, 2.05) is 42.6 Å². The molecule has 5 nitrogen and oxygen atoms in total. The molecule has 6 heteroatoms. The fourth-order valence-corrected chi connectivity index (χ4v) is 2.49. The highest BCUT2D eigenvalue weighted by Crippen LogP contribution is 2.13. The Morgan fingerprint density at radius 1 is 0.917 bits per heavy atom. The van der Waals surface area contributed by atoms with Crippen LogP contribution in [0.1, 0.15) is 11.1 Å². The Kier molecular flexibility index (Phi) is 5.58. The van der Waals surface area contributed by atoms with E-state index in [4.69, 9.17) is 11.6 Å². The van der Waals surface area contributed by atoms with Gasteiger partial charge in [-0.3, -0.25) is 4.98 Å². The first-order chi connectivity index (χ1) is 11.8. The van der Waals surface area contributed by atoms with Gasteiger partial charge in [-0.05, 0) is 35.7 Å². The lowest BCUT2D eigenvalue weighted by Gasteiger charge is -2.09. The van der Waals surface area contributed by atoms with Crippen LogP contribution in [0.25, 0.3) is 0 Å². The third-order valence-corrected chi connectivity index (χ3v) is 3.71. The monoisotopic (exact) mass is 339 g/mol. The molecule has 0 spiro atoms. The molecular formula is C18H18ClN5. The van der Waals surface area contributed by atoms with Crippen molar-refractivity contribution < 1.29 is 0 Å². The minimum atomic E-state index is 0.673. The van der Waals surface area contributed by atoms with Crippen molar-refractivity contribution in [3.63, 3.8) is 0 Å². The predicted octanol–water partition coefficient (Wildman–Crippen LogP) is 3.79. The number of hydrogen-bond acceptors (Lipinski definition) is 5. The van der Waals surface area contributed by atoms with Crippen LogP contribution in [0, 0.1) is 0 Å². The van der Waals surface area contributed by atoms with E-state index in [2.05, 4.69) is 31.7 Å². The fraction of sp³-hybridized carbons (Fsp3) is 0.167. The van der Waals surface area contributed by atoms with Crippen molar-refractivity contribution in [2.24, 2.45) is 0 Å². The number of rotatable bonds is 7. The number of nitrogens with zero attached hydrogens (tertiary/aromatic N) is 3. The van der Waals surface area contributed by atoms with Gasteiger partial charge in [0.25, 0.3) is 0 Å². The zero-order chi connectivity index (χ0) is 16.6. The van der Waals surface area contributed by atoms with Crippen LogP contribution >= 0.6 is 11.6 Å². The van der Waals surface area contributed by atoms with Crippen LogP contribution in [0.15, 0.2) is 61.2 Å². The molecule has 0 aliphatic carbocycles. The summed E-state index contributed by atoms with van der Waals surface area (Å²) >= 11 is 5.99. The topological polar surface area (TPSA) is 62.7 Å². The number of pyridine rings is 1. The van der Waals surface area contributed by atoms with Crippen LogP contribution in [0.5, 0.6) is 0 Å². The van der Waals surface area contributed by atoms with Crippen molar-refractivity contribution in [2.45, 2.75) is 13.0 Å². The van der Waals surface area contributed by atoms with Crippen LogP contribution in [0.4, 0.5) is 11.6 Å². The molecule has 1 aromatic carbocycles. The average Bonchev–Trinajstić information content (AvgIpc) is 2.61. The first-order valence-corrected chi connectivity index (χ1v) is 8.10. The number of aromatic nitrogens is 3. The van der Waals surface area contributed by atoms with Gasteiger partial charge in [-0.15, -0.1) is 0 Å².